The molecule has 0 aliphatic carbocycles. The van der Waals surface area contributed by atoms with Crippen molar-refractivity contribution in [1.82, 2.24) is 0 Å². The van der Waals surface area contributed by atoms with Gasteiger partial charge < -0.3 is 9.47 Å². The molecule has 0 bridgehead atoms. The zero-order chi connectivity index (χ0) is 19.2. The molecule has 0 heterocycles. The van der Waals surface area contributed by atoms with Gasteiger partial charge in [-0.1, -0.05) is 35.9 Å². The first-order chi connectivity index (χ1) is 13.1. The molecule has 27 heavy (non-hydrogen) atoms. The number of hydrogen-bond acceptors (Lipinski definition) is 3. The van der Waals surface area contributed by atoms with Crippen LogP contribution >= 0.6 is 11.6 Å². The van der Waals surface area contributed by atoms with Crippen LogP contribution in [0.4, 0.5) is 5.69 Å². The Hall–Kier alpha value is -2.78. The number of hydrogen-bond donors (Lipinski definition) is 0. The Labute approximate surface area is 165 Å². The molecule has 4 heteroatoms. The summed E-state index contributed by atoms with van der Waals surface area (Å²) < 4.78 is 11.4. The Kier molecular flexibility index (Phi) is 6.15. The van der Waals surface area contributed by atoms with Crippen LogP contribution in [-0.4, -0.2) is 13.3 Å². The van der Waals surface area contributed by atoms with Gasteiger partial charge in [-0.2, -0.15) is 0 Å². The SMILES string of the molecule is COc1cc(C=Nc2cccc(C)c2C)ccc1OCc1cccc(Cl)c1. The Morgan fingerprint density at radius 1 is 0.963 bits per heavy atom. The van der Waals surface area contributed by atoms with E-state index in [1.807, 2.05) is 60.8 Å². The molecule has 3 aromatic rings. The molecule has 0 radical (unpaired) electrons. The van der Waals surface area contributed by atoms with Gasteiger partial charge in [-0.15, -0.1) is 0 Å². The number of aliphatic imine (C=N–C) groups is 1. The number of methoxy groups -OCH3 is 1. The molecule has 0 N–H and O–H groups in total. The number of halogens is 1. The highest BCUT2D eigenvalue weighted by Crippen LogP contribution is 2.29. The van der Waals surface area contributed by atoms with Crippen LogP contribution in [0.5, 0.6) is 11.5 Å². The molecule has 0 unspecified atom stereocenters. The number of rotatable bonds is 6. The van der Waals surface area contributed by atoms with Gasteiger partial charge in [0.15, 0.2) is 11.5 Å². The molecule has 0 aliphatic heterocycles. The first kappa shape index (κ1) is 19.0. The molecular formula is C23H22ClNO2. The van der Waals surface area contributed by atoms with E-state index >= 15 is 0 Å². The maximum Gasteiger partial charge on any atom is 0.161 e. The molecule has 0 atom stereocenters. The molecule has 0 amide bonds. The first-order valence-corrected chi connectivity index (χ1v) is 9.10. The summed E-state index contributed by atoms with van der Waals surface area (Å²) in [6.45, 7) is 4.59. The molecular weight excluding hydrogens is 358 g/mol. The summed E-state index contributed by atoms with van der Waals surface area (Å²) in [6.07, 6.45) is 1.84. The van der Waals surface area contributed by atoms with Crippen LogP contribution in [0, 0.1) is 13.8 Å². The number of nitrogens with zero attached hydrogens (tertiary/aromatic N) is 1. The molecule has 138 valence electrons. The van der Waals surface area contributed by atoms with Crippen molar-refractivity contribution in [2.75, 3.05) is 7.11 Å². The lowest BCUT2D eigenvalue weighted by atomic mass is 10.1. The predicted molar refractivity (Wildman–Crippen MR) is 112 cm³/mol. The summed E-state index contributed by atoms with van der Waals surface area (Å²) in [5, 5.41) is 0.695. The van der Waals surface area contributed by atoms with Crippen molar-refractivity contribution in [3.63, 3.8) is 0 Å². The fourth-order valence-electron chi connectivity index (χ4n) is 2.69. The second-order valence-electron chi connectivity index (χ2n) is 6.31. The van der Waals surface area contributed by atoms with E-state index in [0.29, 0.717) is 23.1 Å². The fraction of sp³-hybridized carbons (Fsp3) is 0.174. The number of ether oxygens (including phenoxy) is 2. The van der Waals surface area contributed by atoms with Gasteiger partial charge in [0.05, 0.1) is 12.8 Å². The zero-order valence-corrected chi connectivity index (χ0v) is 16.5. The van der Waals surface area contributed by atoms with E-state index in [-0.39, 0.29) is 0 Å². The highest BCUT2D eigenvalue weighted by atomic mass is 35.5. The average Bonchev–Trinajstić information content (AvgIpc) is 2.68. The molecule has 0 aliphatic rings. The van der Waals surface area contributed by atoms with Gasteiger partial charge in [-0.3, -0.25) is 4.99 Å². The molecule has 0 spiro atoms. The van der Waals surface area contributed by atoms with Gasteiger partial charge in [0.2, 0.25) is 0 Å². The summed E-state index contributed by atoms with van der Waals surface area (Å²) in [5.41, 5.74) is 5.33. The molecule has 0 saturated carbocycles. The van der Waals surface area contributed by atoms with Crippen LogP contribution in [0.15, 0.2) is 65.7 Å². The van der Waals surface area contributed by atoms with Gasteiger partial charge in [-0.05, 0) is 72.5 Å². The highest BCUT2D eigenvalue weighted by Gasteiger charge is 2.06. The second kappa shape index (κ2) is 8.74. The Bertz CT molecular complexity index is 966. The summed E-state index contributed by atoms with van der Waals surface area (Å²) in [7, 11) is 1.63. The molecule has 3 nitrogen and oxygen atoms in total. The lowest BCUT2D eigenvalue weighted by molar-refractivity contribution is 0.284. The predicted octanol–water partition coefficient (Wildman–Crippen LogP) is 6.30. The first-order valence-electron chi connectivity index (χ1n) is 8.72. The summed E-state index contributed by atoms with van der Waals surface area (Å²) in [6, 6.07) is 19.5. The van der Waals surface area contributed by atoms with Gasteiger partial charge >= 0.3 is 0 Å². The van der Waals surface area contributed by atoms with Crippen molar-refractivity contribution in [1.29, 1.82) is 0 Å². The minimum Gasteiger partial charge on any atom is -0.493 e. The molecule has 0 saturated heterocycles. The third-order valence-corrected chi connectivity index (χ3v) is 4.63. The van der Waals surface area contributed by atoms with E-state index in [4.69, 9.17) is 21.1 Å². The van der Waals surface area contributed by atoms with Gasteiger partial charge in [0.25, 0.3) is 0 Å². The third kappa shape index (κ3) is 4.89. The summed E-state index contributed by atoms with van der Waals surface area (Å²) >= 11 is 6.02. The van der Waals surface area contributed by atoms with E-state index in [1.54, 1.807) is 7.11 Å². The van der Waals surface area contributed by atoms with Crippen LogP contribution in [-0.2, 0) is 6.61 Å². The van der Waals surface area contributed by atoms with Gasteiger partial charge in [0.1, 0.15) is 6.61 Å². The van der Waals surface area contributed by atoms with E-state index in [2.05, 4.69) is 24.9 Å². The quantitative estimate of drug-likeness (QED) is 0.471. The van der Waals surface area contributed by atoms with E-state index < -0.39 is 0 Å². The topological polar surface area (TPSA) is 30.8 Å². The minimum atomic E-state index is 0.423. The third-order valence-electron chi connectivity index (χ3n) is 4.40. The Balaban J connectivity index is 1.75. The normalized spacial score (nSPS) is 11.0. The van der Waals surface area contributed by atoms with Crippen molar-refractivity contribution < 1.29 is 9.47 Å². The van der Waals surface area contributed by atoms with E-state index in [9.17, 15) is 0 Å². The van der Waals surface area contributed by atoms with E-state index in [0.717, 1.165) is 16.8 Å². The van der Waals surface area contributed by atoms with Crippen molar-refractivity contribution in [2.45, 2.75) is 20.5 Å². The molecule has 3 rings (SSSR count). The minimum absolute atomic E-state index is 0.423. The van der Waals surface area contributed by atoms with Crippen LogP contribution in [0.2, 0.25) is 5.02 Å². The number of benzene rings is 3. The zero-order valence-electron chi connectivity index (χ0n) is 15.7. The van der Waals surface area contributed by atoms with Crippen molar-refractivity contribution >= 4 is 23.5 Å². The van der Waals surface area contributed by atoms with Crippen molar-refractivity contribution in [2.24, 2.45) is 4.99 Å². The lowest BCUT2D eigenvalue weighted by Gasteiger charge is -2.11. The largest absolute Gasteiger partial charge is 0.493 e. The van der Waals surface area contributed by atoms with Gasteiger partial charge in [-0.25, -0.2) is 0 Å². The van der Waals surface area contributed by atoms with Crippen LogP contribution < -0.4 is 9.47 Å². The highest BCUT2D eigenvalue weighted by molar-refractivity contribution is 6.30. The lowest BCUT2D eigenvalue weighted by Crippen LogP contribution is -1.98. The summed E-state index contributed by atoms with van der Waals surface area (Å²) in [4.78, 5) is 4.61. The Morgan fingerprint density at radius 3 is 2.56 bits per heavy atom. The maximum absolute atomic E-state index is 6.02. The van der Waals surface area contributed by atoms with Crippen molar-refractivity contribution in [3.05, 3.63) is 87.9 Å². The molecule has 0 aromatic heterocycles. The Morgan fingerprint density at radius 2 is 1.78 bits per heavy atom. The standard InChI is InChI=1S/C23H22ClNO2/c1-16-6-4-9-21(17(16)2)25-14-18-10-11-22(23(13-18)26-3)27-15-19-7-5-8-20(24)12-19/h4-14H,15H2,1-3H3. The summed E-state index contributed by atoms with van der Waals surface area (Å²) in [5.74, 6) is 1.35. The van der Waals surface area contributed by atoms with E-state index in [1.165, 1.54) is 11.1 Å². The van der Waals surface area contributed by atoms with Gasteiger partial charge in [0, 0.05) is 11.2 Å². The van der Waals surface area contributed by atoms with Crippen LogP contribution in [0.25, 0.3) is 0 Å². The van der Waals surface area contributed by atoms with Crippen molar-refractivity contribution in [3.8, 4) is 11.5 Å². The number of aryl methyl sites for hydroxylation is 1. The monoisotopic (exact) mass is 379 g/mol. The molecule has 3 aromatic carbocycles. The van der Waals surface area contributed by atoms with Crippen LogP contribution in [0.1, 0.15) is 22.3 Å². The second-order valence-corrected chi connectivity index (χ2v) is 6.74. The smallest absolute Gasteiger partial charge is 0.161 e. The maximum atomic E-state index is 6.02. The molecule has 0 fully saturated rings. The fourth-order valence-corrected chi connectivity index (χ4v) is 2.90. The van der Waals surface area contributed by atoms with Crippen LogP contribution in [0.3, 0.4) is 0 Å². The average molecular weight is 380 g/mol.